The Balaban J connectivity index is 2.71. The second-order valence-electron chi connectivity index (χ2n) is 5.96. The molecule has 0 aromatic rings. The molecule has 1 atom stereocenters. The Morgan fingerprint density at radius 2 is 1.80 bits per heavy atom. The number of carbonyl (C=O) groups is 2. The molecule has 1 saturated heterocycles. The lowest BCUT2D eigenvalue weighted by atomic mass is 9.87. The van der Waals surface area contributed by atoms with Crippen LogP contribution < -0.4 is 5.32 Å². The molecule has 0 aromatic carbocycles. The van der Waals surface area contributed by atoms with E-state index < -0.39 is 5.54 Å². The molecule has 20 heavy (non-hydrogen) atoms. The van der Waals surface area contributed by atoms with Crippen LogP contribution in [-0.4, -0.2) is 60.4 Å². The van der Waals surface area contributed by atoms with E-state index in [2.05, 4.69) is 10.2 Å². The van der Waals surface area contributed by atoms with E-state index in [1.807, 2.05) is 34.9 Å². The van der Waals surface area contributed by atoms with Gasteiger partial charge in [-0.15, -0.1) is 0 Å². The first-order valence-electron chi connectivity index (χ1n) is 7.65. The molecule has 0 radical (unpaired) electrons. The van der Waals surface area contributed by atoms with Gasteiger partial charge in [0.2, 0.25) is 11.8 Å². The highest BCUT2D eigenvalue weighted by molar-refractivity contribution is 5.99. The first-order valence-corrected chi connectivity index (χ1v) is 7.65. The standard InChI is InChI=1S/C15H29N3O2/c1-6-15(7-2)14(20)18(12(3)13(19)16-15)11-9-8-10-17(4)5/h12H,6-11H2,1-5H3,(H,16,19). The molecule has 0 bridgehead atoms. The molecule has 0 aromatic heterocycles. The average Bonchev–Trinajstić information content (AvgIpc) is 2.42. The molecule has 1 aliphatic rings. The van der Waals surface area contributed by atoms with E-state index in [4.69, 9.17) is 0 Å². The molecule has 1 rings (SSSR count). The maximum Gasteiger partial charge on any atom is 0.248 e. The van der Waals surface area contributed by atoms with Crippen molar-refractivity contribution in [2.24, 2.45) is 0 Å². The third-order valence-corrected chi connectivity index (χ3v) is 4.34. The van der Waals surface area contributed by atoms with E-state index >= 15 is 0 Å². The Kier molecular flexibility index (Phi) is 5.99. The van der Waals surface area contributed by atoms with Gasteiger partial charge in [-0.3, -0.25) is 9.59 Å². The maximum atomic E-state index is 12.7. The van der Waals surface area contributed by atoms with Gasteiger partial charge in [0.25, 0.3) is 0 Å². The number of nitrogens with one attached hydrogen (secondary N) is 1. The normalized spacial score (nSPS) is 22.3. The first kappa shape index (κ1) is 17.0. The smallest absolute Gasteiger partial charge is 0.248 e. The Morgan fingerprint density at radius 1 is 1.20 bits per heavy atom. The number of hydrogen-bond donors (Lipinski definition) is 1. The average molecular weight is 283 g/mol. The van der Waals surface area contributed by atoms with Crippen molar-refractivity contribution in [2.75, 3.05) is 27.2 Å². The van der Waals surface area contributed by atoms with Crippen molar-refractivity contribution >= 4 is 11.8 Å². The lowest BCUT2D eigenvalue weighted by molar-refractivity contribution is -0.154. The van der Waals surface area contributed by atoms with Gasteiger partial charge < -0.3 is 15.1 Å². The number of piperazine rings is 1. The summed E-state index contributed by atoms with van der Waals surface area (Å²) >= 11 is 0. The fourth-order valence-electron chi connectivity index (χ4n) is 2.72. The topological polar surface area (TPSA) is 52.7 Å². The van der Waals surface area contributed by atoms with Gasteiger partial charge in [-0.05, 0) is 53.2 Å². The number of nitrogens with zero attached hydrogens (tertiary/aromatic N) is 2. The lowest BCUT2D eigenvalue weighted by Crippen LogP contribution is -2.69. The summed E-state index contributed by atoms with van der Waals surface area (Å²) in [6, 6.07) is -0.354. The van der Waals surface area contributed by atoms with Crippen LogP contribution in [0.15, 0.2) is 0 Å². The van der Waals surface area contributed by atoms with Crippen LogP contribution in [0.2, 0.25) is 0 Å². The number of hydrogen-bond acceptors (Lipinski definition) is 3. The van der Waals surface area contributed by atoms with Crippen molar-refractivity contribution in [3.05, 3.63) is 0 Å². The number of rotatable bonds is 7. The predicted molar refractivity (Wildman–Crippen MR) is 80.4 cm³/mol. The third-order valence-electron chi connectivity index (χ3n) is 4.34. The van der Waals surface area contributed by atoms with E-state index in [0.29, 0.717) is 19.4 Å². The van der Waals surface area contributed by atoms with E-state index in [9.17, 15) is 9.59 Å². The Morgan fingerprint density at radius 3 is 2.30 bits per heavy atom. The lowest BCUT2D eigenvalue weighted by Gasteiger charge is -2.44. The van der Waals surface area contributed by atoms with E-state index in [1.165, 1.54) is 0 Å². The van der Waals surface area contributed by atoms with Crippen LogP contribution in [-0.2, 0) is 9.59 Å². The minimum atomic E-state index is -0.689. The number of carbonyl (C=O) groups excluding carboxylic acids is 2. The van der Waals surface area contributed by atoms with Gasteiger partial charge in [-0.2, -0.15) is 0 Å². The van der Waals surface area contributed by atoms with Crippen LogP contribution in [0, 0.1) is 0 Å². The summed E-state index contributed by atoms with van der Waals surface area (Å²) in [5.74, 6) is 0.0559. The van der Waals surface area contributed by atoms with Crippen LogP contribution >= 0.6 is 0 Å². The van der Waals surface area contributed by atoms with Crippen molar-refractivity contribution in [3.63, 3.8) is 0 Å². The molecule has 5 heteroatoms. The summed E-state index contributed by atoms with van der Waals surface area (Å²) in [6.07, 6.45) is 3.27. The van der Waals surface area contributed by atoms with Crippen LogP contribution in [0.25, 0.3) is 0 Å². The summed E-state index contributed by atoms with van der Waals surface area (Å²) < 4.78 is 0. The monoisotopic (exact) mass is 283 g/mol. The number of amides is 2. The molecular weight excluding hydrogens is 254 g/mol. The Bertz CT molecular complexity index is 351. The van der Waals surface area contributed by atoms with E-state index in [1.54, 1.807) is 4.90 Å². The zero-order valence-electron chi connectivity index (χ0n) is 13.5. The molecule has 1 unspecified atom stereocenters. The quantitative estimate of drug-likeness (QED) is 0.715. The van der Waals surface area contributed by atoms with Gasteiger partial charge in [-0.1, -0.05) is 13.8 Å². The molecule has 1 fully saturated rings. The second-order valence-corrected chi connectivity index (χ2v) is 5.96. The summed E-state index contributed by atoms with van der Waals surface area (Å²) in [5.41, 5.74) is -0.689. The van der Waals surface area contributed by atoms with Gasteiger partial charge in [-0.25, -0.2) is 0 Å². The SMILES string of the molecule is CCC1(CC)NC(=O)C(C)N(CCCCN(C)C)C1=O. The fraction of sp³-hybridized carbons (Fsp3) is 0.867. The van der Waals surface area contributed by atoms with Crippen molar-refractivity contribution in [1.82, 2.24) is 15.1 Å². The van der Waals surface area contributed by atoms with Gasteiger partial charge in [0.05, 0.1) is 0 Å². The molecule has 0 spiro atoms. The Labute approximate surface area is 122 Å². The second kappa shape index (κ2) is 7.07. The fourth-order valence-corrected chi connectivity index (χ4v) is 2.72. The zero-order valence-corrected chi connectivity index (χ0v) is 13.5. The molecule has 1 heterocycles. The molecule has 1 N–H and O–H groups in total. The molecule has 0 aliphatic carbocycles. The molecule has 0 saturated carbocycles. The zero-order chi connectivity index (χ0) is 15.3. The summed E-state index contributed by atoms with van der Waals surface area (Å²) in [5, 5.41) is 2.93. The highest BCUT2D eigenvalue weighted by Gasteiger charge is 2.46. The van der Waals surface area contributed by atoms with Crippen LogP contribution in [0.4, 0.5) is 0 Å². The highest BCUT2D eigenvalue weighted by Crippen LogP contribution is 2.25. The third kappa shape index (κ3) is 3.51. The van der Waals surface area contributed by atoms with Crippen LogP contribution in [0.3, 0.4) is 0 Å². The highest BCUT2D eigenvalue weighted by atomic mass is 16.2. The molecule has 116 valence electrons. The molecule has 5 nitrogen and oxygen atoms in total. The van der Waals surface area contributed by atoms with Gasteiger partial charge in [0, 0.05) is 6.54 Å². The minimum absolute atomic E-state index is 0.0269. The summed E-state index contributed by atoms with van der Waals surface area (Å²) in [6.45, 7) is 7.41. The van der Waals surface area contributed by atoms with Crippen molar-refractivity contribution in [3.8, 4) is 0 Å². The summed E-state index contributed by atoms with van der Waals surface area (Å²) in [7, 11) is 4.09. The largest absolute Gasteiger partial charge is 0.340 e. The summed E-state index contributed by atoms with van der Waals surface area (Å²) in [4.78, 5) is 28.7. The van der Waals surface area contributed by atoms with Gasteiger partial charge in [0.1, 0.15) is 11.6 Å². The van der Waals surface area contributed by atoms with Crippen molar-refractivity contribution < 1.29 is 9.59 Å². The van der Waals surface area contributed by atoms with Crippen molar-refractivity contribution in [1.29, 1.82) is 0 Å². The van der Waals surface area contributed by atoms with E-state index in [-0.39, 0.29) is 17.9 Å². The predicted octanol–water partition coefficient (Wildman–Crippen LogP) is 1.23. The molecule has 1 aliphatic heterocycles. The first-order chi connectivity index (χ1) is 9.38. The molecular formula is C15H29N3O2. The van der Waals surface area contributed by atoms with Crippen LogP contribution in [0.5, 0.6) is 0 Å². The minimum Gasteiger partial charge on any atom is -0.340 e. The van der Waals surface area contributed by atoms with Gasteiger partial charge >= 0.3 is 0 Å². The number of unbranched alkanes of at least 4 members (excludes halogenated alkanes) is 1. The maximum absolute atomic E-state index is 12.7. The Hall–Kier alpha value is -1.10. The van der Waals surface area contributed by atoms with Gasteiger partial charge in [0.15, 0.2) is 0 Å². The van der Waals surface area contributed by atoms with Crippen LogP contribution in [0.1, 0.15) is 46.5 Å². The van der Waals surface area contributed by atoms with E-state index in [0.717, 1.165) is 19.4 Å². The van der Waals surface area contributed by atoms with Crippen molar-refractivity contribution in [2.45, 2.75) is 58.0 Å². The molecule has 2 amide bonds.